The number of aromatic nitrogens is 2. The van der Waals surface area contributed by atoms with Crippen LogP contribution in [0.25, 0.3) is 22.3 Å². The second-order valence-corrected chi connectivity index (χ2v) is 10.3. The molecule has 1 saturated carbocycles. The largest absolute Gasteiger partial charge is 0.404 e. The van der Waals surface area contributed by atoms with Crippen LogP contribution >= 0.6 is 0 Å². The molecule has 1 atom stereocenters. The monoisotopic (exact) mass is 512 g/mol. The van der Waals surface area contributed by atoms with E-state index in [1.807, 2.05) is 4.57 Å². The maximum absolute atomic E-state index is 12.9. The number of fused-ring (bicyclic) bond motifs is 1. The van der Waals surface area contributed by atoms with E-state index in [4.69, 9.17) is 0 Å². The summed E-state index contributed by atoms with van der Waals surface area (Å²) in [7, 11) is -4.49. The maximum atomic E-state index is 12.9. The van der Waals surface area contributed by atoms with Crippen molar-refractivity contribution in [3.63, 3.8) is 0 Å². The zero-order valence-corrected chi connectivity index (χ0v) is 19.3. The smallest absolute Gasteiger partial charge is 0.338 e. The van der Waals surface area contributed by atoms with Crippen LogP contribution in [0.1, 0.15) is 30.9 Å². The summed E-state index contributed by atoms with van der Waals surface area (Å²) < 4.78 is 92.5. The lowest BCUT2D eigenvalue weighted by atomic mass is 10.1. The molecule has 2 heterocycles. The molecular weight excluding hydrogens is 491 g/mol. The third kappa shape index (κ3) is 5.31. The number of sulfonamides is 1. The molecule has 0 aliphatic heterocycles. The van der Waals surface area contributed by atoms with Crippen molar-refractivity contribution in [1.82, 2.24) is 14.3 Å². The van der Waals surface area contributed by atoms with Crippen molar-refractivity contribution >= 4 is 20.9 Å². The van der Waals surface area contributed by atoms with Crippen LogP contribution in [0.15, 0.2) is 41.4 Å². The summed E-state index contributed by atoms with van der Waals surface area (Å²) in [5.41, 5.74) is 1.93. The first kappa shape index (κ1) is 25.1. The van der Waals surface area contributed by atoms with Gasteiger partial charge in [-0.1, -0.05) is 12.1 Å². The molecule has 1 N–H and O–H groups in total. The Labute approximate surface area is 198 Å². The minimum absolute atomic E-state index is 0.247. The topological polar surface area (TPSA) is 87.8 Å². The minimum atomic E-state index is -4.75. The van der Waals surface area contributed by atoms with Crippen molar-refractivity contribution in [2.75, 3.05) is 0 Å². The predicted octanol–water partition coefficient (Wildman–Crippen LogP) is 5.02. The number of rotatable bonds is 8. The Morgan fingerprint density at radius 1 is 1.23 bits per heavy atom. The van der Waals surface area contributed by atoms with Crippen molar-refractivity contribution < 1.29 is 30.4 Å². The normalized spacial score (nSPS) is 15.5. The molecule has 1 aliphatic carbocycles. The lowest BCUT2D eigenvalue weighted by Crippen LogP contribution is -2.42. The Morgan fingerprint density at radius 2 is 1.94 bits per heavy atom. The number of halogens is 5. The summed E-state index contributed by atoms with van der Waals surface area (Å²) >= 11 is 0. The van der Waals surface area contributed by atoms with Crippen molar-refractivity contribution in [2.24, 2.45) is 5.92 Å². The van der Waals surface area contributed by atoms with E-state index in [0.29, 0.717) is 41.5 Å². The average molecular weight is 513 g/mol. The van der Waals surface area contributed by atoms with Gasteiger partial charge < -0.3 is 4.57 Å². The Hall–Kier alpha value is -3.04. The Kier molecular flexibility index (Phi) is 6.59. The fourth-order valence-electron chi connectivity index (χ4n) is 3.87. The van der Waals surface area contributed by atoms with Gasteiger partial charge in [-0.3, -0.25) is 4.98 Å². The SMILES string of the molecule is CC(NS(=O)(=O)c1ccc(-c2c(C#N)c3ccc(CC(F)F)cc3n2CC2CC2)nc1)C(F)(F)F. The highest BCUT2D eigenvalue weighted by atomic mass is 32.2. The second kappa shape index (κ2) is 9.20. The van der Waals surface area contributed by atoms with Crippen LogP contribution in [-0.2, 0) is 23.0 Å². The van der Waals surface area contributed by atoms with Gasteiger partial charge in [0.05, 0.1) is 22.5 Å². The molecule has 35 heavy (non-hydrogen) atoms. The van der Waals surface area contributed by atoms with Crippen LogP contribution in [0.4, 0.5) is 22.0 Å². The minimum Gasteiger partial charge on any atom is -0.338 e. The highest BCUT2D eigenvalue weighted by molar-refractivity contribution is 7.89. The van der Waals surface area contributed by atoms with Crippen LogP contribution in [0.5, 0.6) is 0 Å². The Morgan fingerprint density at radius 3 is 2.49 bits per heavy atom. The van der Waals surface area contributed by atoms with Crippen molar-refractivity contribution in [2.45, 2.75) is 56.3 Å². The summed E-state index contributed by atoms with van der Waals surface area (Å²) in [6, 6.07) is 7.06. The van der Waals surface area contributed by atoms with Gasteiger partial charge >= 0.3 is 6.18 Å². The Bertz CT molecular complexity index is 1390. The number of hydrogen-bond acceptors (Lipinski definition) is 4. The summed E-state index contributed by atoms with van der Waals surface area (Å²) in [6.45, 7) is 1.22. The molecule has 1 fully saturated rings. The fraction of sp³-hybridized carbons (Fsp3) is 0.391. The van der Waals surface area contributed by atoms with Crippen molar-refractivity contribution in [3.05, 3.63) is 47.7 Å². The lowest BCUT2D eigenvalue weighted by molar-refractivity contribution is -0.147. The van der Waals surface area contributed by atoms with Gasteiger partial charge in [0.2, 0.25) is 16.4 Å². The molecule has 0 saturated heterocycles. The summed E-state index contributed by atoms with van der Waals surface area (Å²) in [5, 5.41) is 10.4. The highest BCUT2D eigenvalue weighted by Crippen LogP contribution is 2.38. The quantitative estimate of drug-likeness (QED) is 0.430. The summed E-state index contributed by atoms with van der Waals surface area (Å²) in [4.78, 5) is 3.70. The van der Waals surface area contributed by atoms with Gasteiger partial charge in [-0.05, 0) is 49.4 Å². The van der Waals surface area contributed by atoms with E-state index >= 15 is 0 Å². The van der Waals surface area contributed by atoms with E-state index in [9.17, 15) is 35.6 Å². The molecule has 0 radical (unpaired) electrons. The summed E-state index contributed by atoms with van der Waals surface area (Å²) in [5.74, 6) is 0.349. The molecule has 3 aromatic rings. The maximum Gasteiger partial charge on any atom is 0.404 e. The van der Waals surface area contributed by atoms with Crippen LogP contribution in [0, 0.1) is 17.2 Å². The molecule has 0 spiro atoms. The van der Waals surface area contributed by atoms with Gasteiger partial charge in [0.25, 0.3) is 0 Å². The van der Waals surface area contributed by atoms with E-state index in [0.717, 1.165) is 25.1 Å². The number of pyridine rings is 1. The van der Waals surface area contributed by atoms with Gasteiger partial charge in [-0.15, -0.1) is 0 Å². The Balaban J connectivity index is 1.78. The molecule has 12 heteroatoms. The molecule has 6 nitrogen and oxygen atoms in total. The van der Waals surface area contributed by atoms with Crippen LogP contribution in [0.3, 0.4) is 0 Å². The number of hydrogen-bond donors (Lipinski definition) is 1. The number of nitriles is 1. The van der Waals surface area contributed by atoms with E-state index in [1.165, 1.54) is 12.1 Å². The lowest BCUT2D eigenvalue weighted by Gasteiger charge is -2.17. The number of nitrogens with one attached hydrogen (secondary N) is 1. The molecule has 1 aromatic carbocycles. The average Bonchev–Trinajstić information content (AvgIpc) is 3.54. The zero-order chi connectivity index (χ0) is 25.5. The summed E-state index contributed by atoms with van der Waals surface area (Å²) in [6.07, 6.45) is -4.83. The van der Waals surface area contributed by atoms with Crippen molar-refractivity contribution in [1.29, 1.82) is 5.26 Å². The molecule has 1 aliphatic rings. The van der Waals surface area contributed by atoms with Crippen LogP contribution in [-0.4, -0.2) is 36.6 Å². The van der Waals surface area contributed by atoms with Gasteiger partial charge in [0.15, 0.2) is 0 Å². The molecule has 0 amide bonds. The molecule has 2 aromatic heterocycles. The molecule has 0 bridgehead atoms. The van der Waals surface area contributed by atoms with Gasteiger partial charge in [0.1, 0.15) is 17.0 Å². The third-order valence-corrected chi connectivity index (χ3v) is 7.41. The molecule has 4 rings (SSSR count). The molecule has 1 unspecified atom stereocenters. The first-order chi connectivity index (χ1) is 16.4. The first-order valence-electron chi connectivity index (χ1n) is 10.8. The van der Waals surface area contributed by atoms with Gasteiger partial charge in [-0.2, -0.15) is 23.2 Å². The second-order valence-electron chi connectivity index (χ2n) is 8.60. The predicted molar refractivity (Wildman–Crippen MR) is 118 cm³/mol. The zero-order valence-electron chi connectivity index (χ0n) is 18.5. The molecular formula is C23H21F5N4O2S. The van der Waals surface area contributed by atoms with Gasteiger partial charge in [-0.25, -0.2) is 17.2 Å². The molecule has 186 valence electrons. The van der Waals surface area contributed by atoms with E-state index in [2.05, 4.69) is 11.1 Å². The van der Waals surface area contributed by atoms with Crippen LogP contribution in [0.2, 0.25) is 0 Å². The van der Waals surface area contributed by atoms with E-state index in [-0.39, 0.29) is 11.3 Å². The fourth-order valence-corrected chi connectivity index (χ4v) is 5.05. The third-order valence-electron chi connectivity index (χ3n) is 5.88. The number of benzene rings is 1. The van der Waals surface area contributed by atoms with Gasteiger partial charge in [0, 0.05) is 24.5 Å². The highest BCUT2D eigenvalue weighted by Gasteiger charge is 2.39. The first-order valence-corrected chi connectivity index (χ1v) is 12.3. The van der Waals surface area contributed by atoms with E-state index < -0.39 is 40.0 Å². The van der Waals surface area contributed by atoms with E-state index in [1.54, 1.807) is 16.9 Å². The number of nitrogens with zero attached hydrogens (tertiary/aromatic N) is 3. The number of alkyl halides is 5. The standard InChI is InChI=1S/C23H21F5N4O2S/c1-13(23(26,27)28)31-35(33,34)16-5-7-19(30-11-16)22-18(10-29)17-6-4-15(9-21(24)25)8-20(17)32(22)12-14-2-3-14/h4-8,11,13-14,21,31H,2-3,9,12H2,1H3. The van der Waals surface area contributed by atoms with Crippen molar-refractivity contribution in [3.8, 4) is 17.5 Å². The van der Waals surface area contributed by atoms with Crippen LogP contribution < -0.4 is 4.72 Å².